The molecule has 0 aliphatic heterocycles. The molecule has 0 spiro atoms. The van der Waals surface area contributed by atoms with Gasteiger partial charge in [-0.15, -0.1) is 0 Å². The number of para-hydroxylation sites is 2. The van der Waals surface area contributed by atoms with Crippen molar-refractivity contribution < 1.29 is 4.42 Å². The maximum Gasteiger partial charge on any atom is 0.161 e. The lowest BCUT2D eigenvalue weighted by molar-refractivity contribution is 0.676. The number of nitrogens with zero attached hydrogens (tertiary/aromatic N) is 4. The molecule has 8 aromatic carbocycles. The summed E-state index contributed by atoms with van der Waals surface area (Å²) in [4.78, 5) is 15.4. The Morgan fingerprint density at radius 3 is 1.68 bits per heavy atom. The molecule has 0 aliphatic rings. The lowest BCUT2D eigenvalue weighted by Gasteiger charge is -2.12. The molecule has 0 aliphatic carbocycles. The summed E-state index contributed by atoms with van der Waals surface area (Å²) >= 11 is 0. The molecule has 0 unspecified atom stereocenters. The van der Waals surface area contributed by atoms with Crippen molar-refractivity contribution in [3.63, 3.8) is 0 Å². The number of benzene rings is 8. The highest BCUT2D eigenvalue weighted by molar-refractivity contribution is 6.24. The average molecular weight is 767 g/mol. The molecule has 5 heteroatoms. The van der Waals surface area contributed by atoms with Gasteiger partial charge in [-0.2, -0.15) is 0 Å². The standard InChI is InChI=1S/C55H34N4O/c1-3-14-38(15-4-1)47-34-48(58-55(57-47)41-16-5-2-6-17-41)39-27-23-36(24-28-39)37-25-29-40(30-26-37)51-50-52-54(60-53(50)44-19-9-11-21-46(44)56-51)45-20-10-12-22-49(45)59(52)43-32-31-35-13-7-8-18-42(35)33-43/h1-34H. The third-order valence-corrected chi connectivity index (χ3v) is 11.6. The summed E-state index contributed by atoms with van der Waals surface area (Å²) in [7, 11) is 0. The van der Waals surface area contributed by atoms with Crippen LogP contribution in [0, 0.1) is 0 Å². The van der Waals surface area contributed by atoms with Gasteiger partial charge in [0.05, 0.1) is 33.5 Å². The summed E-state index contributed by atoms with van der Waals surface area (Å²) in [5.74, 6) is 0.704. The van der Waals surface area contributed by atoms with Gasteiger partial charge in [0.15, 0.2) is 11.4 Å². The first-order chi connectivity index (χ1) is 29.7. The first-order valence-electron chi connectivity index (χ1n) is 20.2. The maximum atomic E-state index is 6.97. The van der Waals surface area contributed by atoms with E-state index in [2.05, 4.69) is 168 Å². The van der Waals surface area contributed by atoms with E-state index >= 15 is 0 Å². The van der Waals surface area contributed by atoms with Crippen LogP contribution in [0.25, 0.3) is 117 Å². The normalized spacial score (nSPS) is 11.7. The molecule has 280 valence electrons. The van der Waals surface area contributed by atoms with E-state index < -0.39 is 0 Å². The van der Waals surface area contributed by atoms with Crippen LogP contribution in [0.1, 0.15) is 0 Å². The van der Waals surface area contributed by atoms with Gasteiger partial charge in [-0.05, 0) is 64.4 Å². The van der Waals surface area contributed by atoms with Crippen molar-refractivity contribution in [3.05, 3.63) is 206 Å². The van der Waals surface area contributed by atoms with Crippen LogP contribution < -0.4 is 0 Å². The van der Waals surface area contributed by atoms with Gasteiger partial charge in [0.25, 0.3) is 0 Å². The highest BCUT2D eigenvalue weighted by Crippen LogP contribution is 2.45. The summed E-state index contributed by atoms with van der Waals surface area (Å²) in [5.41, 5.74) is 14.8. The molecule has 12 rings (SSSR count). The van der Waals surface area contributed by atoms with Crippen LogP contribution in [-0.2, 0) is 0 Å². The fourth-order valence-corrected chi connectivity index (χ4v) is 8.66. The van der Waals surface area contributed by atoms with Crippen LogP contribution in [0.15, 0.2) is 211 Å². The summed E-state index contributed by atoms with van der Waals surface area (Å²) in [6.07, 6.45) is 0. The average Bonchev–Trinajstić information content (AvgIpc) is 3.87. The lowest BCUT2D eigenvalue weighted by atomic mass is 9.98. The largest absolute Gasteiger partial charge is 0.453 e. The Morgan fingerprint density at radius 2 is 0.950 bits per heavy atom. The molecule has 4 heterocycles. The predicted octanol–water partition coefficient (Wildman–Crippen LogP) is 14.4. The highest BCUT2D eigenvalue weighted by Gasteiger charge is 2.25. The molecule has 0 atom stereocenters. The summed E-state index contributed by atoms with van der Waals surface area (Å²) in [6.45, 7) is 0. The van der Waals surface area contributed by atoms with Crippen molar-refractivity contribution in [2.75, 3.05) is 0 Å². The number of furan rings is 1. The zero-order chi connectivity index (χ0) is 39.6. The van der Waals surface area contributed by atoms with Crippen molar-refractivity contribution >= 4 is 54.6 Å². The fourth-order valence-electron chi connectivity index (χ4n) is 8.66. The Balaban J connectivity index is 0.973. The van der Waals surface area contributed by atoms with E-state index in [-0.39, 0.29) is 0 Å². The minimum atomic E-state index is 0.704. The van der Waals surface area contributed by atoms with E-state index in [4.69, 9.17) is 19.4 Å². The van der Waals surface area contributed by atoms with Crippen LogP contribution in [0.2, 0.25) is 0 Å². The number of aromatic nitrogens is 4. The molecule has 60 heavy (non-hydrogen) atoms. The van der Waals surface area contributed by atoms with Gasteiger partial charge in [0.2, 0.25) is 0 Å². The number of rotatable bonds is 6. The lowest BCUT2D eigenvalue weighted by Crippen LogP contribution is -1.96. The van der Waals surface area contributed by atoms with Crippen molar-refractivity contribution in [3.8, 4) is 62.0 Å². The minimum Gasteiger partial charge on any atom is -0.453 e. The predicted molar refractivity (Wildman–Crippen MR) is 246 cm³/mol. The number of pyridine rings is 1. The Morgan fingerprint density at radius 1 is 0.383 bits per heavy atom. The molecule has 12 aromatic rings. The van der Waals surface area contributed by atoms with Gasteiger partial charge in [0.1, 0.15) is 11.1 Å². The quantitative estimate of drug-likeness (QED) is 0.169. The monoisotopic (exact) mass is 766 g/mol. The van der Waals surface area contributed by atoms with Crippen molar-refractivity contribution in [2.24, 2.45) is 0 Å². The van der Waals surface area contributed by atoms with Gasteiger partial charge in [-0.1, -0.05) is 164 Å². The van der Waals surface area contributed by atoms with Crippen LogP contribution >= 0.6 is 0 Å². The van der Waals surface area contributed by atoms with Gasteiger partial charge in [0, 0.05) is 38.7 Å². The number of hydrogen-bond donors (Lipinski definition) is 0. The van der Waals surface area contributed by atoms with Gasteiger partial charge in [-0.25, -0.2) is 15.0 Å². The van der Waals surface area contributed by atoms with Gasteiger partial charge >= 0.3 is 0 Å². The number of hydrogen-bond acceptors (Lipinski definition) is 4. The molecule has 0 N–H and O–H groups in total. The molecule has 0 bridgehead atoms. The SMILES string of the molecule is c1ccc(-c2cc(-c3ccc(-c4ccc(-c5nc6ccccc6c6oc7c8ccccc8n(-c8ccc9ccccc9c8)c7c56)cc4)cc3)nc(-c3ccccc3)n2)cc1. The maximum absolute atomic E-state index is 6.97. The molecule has 0 saturated carbocycles. The van der Waals surface area contributed by atoms with Crippen LogP contribution in [0.5, 0.6) is 0 Å². The molecule has 5 nitrogen and oxygen atoms in total. The molecule has 0 saturated heterocycles. The first-order valence-corrected chi connectivity index (χ1v) is 20.2. The number of fused-ring (bicyclic) bond motifs is 8. The first kappa shape index (κ1) is 33.9. The molecular formula is C55H34N4O. The van der Waals surface area contributed by atoms with E-state index in [1.54, 1.807) is 0 Å². The van der Waals surface area contributed by atoms with Crippen molar-refractivity contribution in [1.82, 2.24) is 19.5 Å². The summed E-state index contributed by atoms with van der Waals surface area (Å²) < 4.78 is 9.32. The molecule has 0 fully saturated rings. The van der Waals surface area contributed by atoms with Crippen LogP contribution in [0.3, 0.4) is 0 Å². The topological polar surface area (TPSA) is 56.7 Å². The van der Waals surface area contributed by atoms with E-state index in [1.165, 1.54) is 10.8 Å². The molecule has 4 aromatic heterocycles. The Labute approximate surface area is 345 Å². The Bertz CT molecular complexity index is 3510. The van der Waals surface area contributed by atoms with Gasteiger partial charge < -0.3 is 8.98 Å². The second-order valence-electron chi connectivity index (χ2n) is 15.2. The van der Waals surface area contributed by atoms with Crippen LogP contribution in [0.4, 0.5) is 0 Å². The zero-order valence-electron chi connectivity index (χ0n) is 32.3. The Hall–Kier alpha value is -8.15. The molecule has 0 amide bonds. The van der Waals surface area contributed by atoms with E-state index in [9.17, 15) is 0 Å². The third-order valence-electron chi connectivity index (χ3n) is 11.6. The fraction of sp³-hybridized carbons (Fsp3) is 0. The molecular weight excluding hydrogens is 733 g/mol. The second-order valence-corrected chi connectivity index (χ2v) is 15.2. The van der Waals surface area contributed by atoms with Crippen molar-refractivity contribution in [2.45, 2.75) is 0 Å². The van der Waals surface area contributed by atoms with E-state index in [0.717, 1.165) is 100 Å². The summed E-state index contributed by atoms with van der Waals surface area (Å²) in [6, 6.07) is 71.9. The Kier molecular flexibility index (Phi) is 7.78. The van der Waals surface area contributed by atoms with Crippen LogP contribution in [-0.4, -0.2) is 19.5 Å². The molecule has 0 radical (unpaired) electrons. The summed E-state index contributed by atoms with van der Waals surface area (Å²) in [5, 5.41) is 5.46. The minimum absolute atomic E-state index is 0.704. The highest BCUT2D eigenvalue weighted by atomic mass is 16.3. The van der Waals surface area contributed by atoms with Crippen molar-refractivity contribution in [1.29, 1.82) is 0 Å². The second kappa shape index (κ2) is 13.8. The van der Waals surface area contributed by atoms with E-state index in [0.29, 0.717) is 5.82 Å². The smallest absolute Gasteiger partial charge is 0.161 e. The zero-order valence-corrected chi connectivity index (χ0v) is 32.3. The third kappa shape index (κ3) is 5.59. The van der Waals surface area contributed by atoms with E-state index in [1.807, 2.05) is 42.5 Å². The van der Waals surface area contributed by atoms with Gasteiger partial charge in [-0.3, -0.25) is 0 Å².